The molecule has 1 unspecified atom stereocenters. The lowest BCUT2D eigenvalue weighted by molar-refractivity contribution is -0.141. The van der Waals surface area contributed by atoms with Gasteiger partial charge in [-0.05, 0) is 38.1 Å². The molecule has 1 amide bonds. The molecule has 0 fully saturated rings. The van der Waals surface area contributed by atoms with E-state index in [0.29, 0.717) is 24.8 Å². The fourth-order valence-corrected chi connectivity index (χ4v) is 1.72. The highest BCUT2D eigenvalue weighted by molar-refractivity contribution is 5.83. The second kappa shape index (κ2) is 8.06. The van der Waals surface area contributed by atoms with Crippen molar-refractivity contribution < 1.29 is 14.7 Å². The summed E-state index contributed by atoms with van der Waals surface area (Å²) in [6.07, 6.45) is 2.02. The van der Waals surface area contributed by atoms with E-state index in [0.717, 1.165) is 12.8 Å². The van der Waals surface area contributed by atoms with Crippen molar-refractivity contribution in [1.82, 2.24) is 5.32 Å². The van der Waals surface area contributed by atoms with E-state index in [4.69, 9.17) is 10.8 Å². The van der Waals surface area contributed by atoms with Gasteiger partial charge in [-0.15, -0.1) is 0 Å². The molecule has 2 atom stereocenters. The zero-order valence-corrected chi connectivity index (χ0v) is 10.9. The molecule has 0 aromatic carbocycles. The van der Waals surface area contributed by atoms with Crippen LogP contribution in [0.2, 0.25) is 0 Å². The molecule has 0 spiro atoms. The molecule has 4 N–H and O–H groups in total. The smallest absolute Gasteiger partial charge is 0.325 e. The molecule has 5 heteroatoms. The maximum atomic E-state index is 11.5. The number of nitrogens with two attached hydrogens (primary N) is 1. The number of carboxylic acid groups (broad SMARTS) is 1. The molecular formula is C12H24N2O3. The van der Waals surface area contributed by atoms with E-state index in [1.54, 1.807) is 0 Å². The maximum absolute atomic E-state index is 11.5. The Kier molecular flexibility index (Phi) is 7.54. The van der Waals surface area contributed by atoms with Gasteiger partial charge in [0.25, 0.3) is 0 Å². The van der Waals surface area contributed by atoms with Gasteiger partial charge < -0.3 is 16.2 Å². The van der Waals surface area contributed by atoms with Gasteiger partial charge in [-0.3, -0.25) is 9.59 Å². The van der Waals surface area contributed by atoms with E-state index in [9.17, 15) is 9.59 Å². The van der Waals surface area contributed by atoms with E-state index >= 15 is 0 Å². The van der Waals surface area contributed by atoms with Crippen LogP contribution in [0.25, 0.3) is 0 Å². The minimum atomic E-state index is -1.01. The van der Waals surface area contributed by atoms with Crippen molar-refractivity contribution in [1.29, 1.82) is 0 Å². The van der Waals surface area contributed by atoms with E-state index in [2.05, 4.69) is 19.2 Å². The van der Waals surface area contributed by atoms with E-state index in [1.807, 2.05) is 0 Å². The van der Waals surface area contributed by atoms with Crippen molar-refractivity contribution in [2.45, 2.75) is 46.1 Å². The van der Waals surface area contributed by atoms with Crippen molar-refractivity contribution in [3.63, 3.8) is 0 Å². The van der Waals surface area contributed by atoms with Gasteiger partial charge in [0.05, 0.1) is 0 Å². The Labute approximate surface area is 103 Å². The number of hydrogen-bond acceptors (Lipinski definition) is 3. The average Bonchev–Trinajstić information content (AvgIpc) is 2.23. The van der Waals surface area contributed by atoms with E-state index < -0.39 is 12.0 Å². The van der Waals surface area contributed by atoms with Crippen LogP contribution < -0.4 is 11.1 Å². The van der Waals surface area contributed by atoms with Gasteiger partial charge in [0.2, 0.25) is 5.91 Å². The Morgan fingerprint density at radius 1 is 1.24 bits per heavy atom. The Morgan fingerprint density at radius 2 is 1.82 bits per heavy atom. The molecule has 0 aromatic heterocycles. The first-order valence-electron chi connectivity index (χ1n) is 6.10. The molecule has 0 aliphatic carbocycles. The van der Waals surface area contributed by atoms with Crippen LogP contribution in [0.1, 0.15) is 40.0 Å². The predicted octanol–water partition coefficient (Wildman–Crippen LogP) is 0.977. The summed E-state index contributed by atoms with van der Waals surface area (Å²) in [6.45, 7) is 6.30. The molecule has 17 heavy (non-hydrogen) atoms. The van der Waals surface area contributed by atoms with Gasteiger partial charge in [-0.1, -0.05) is 13.8 Å². The molecule has 0 heterocycles. The van der Waals surface area contributed by atoms with Crippen LogP contribution in [0, 0.1) is 11.8 Å². The summed E-state index contributed by atoms with van der Waals surface area (Å²) < 4.78 is 0. The number of nitrogens with one attached hydrogen (secondary N) is 1. The molecule has 0 rings (SSSR count). The van der Waals surface area contributed by atoms with Crippen LogP contribution in [0.3, 0.4) is 0 Å². The third-order valence-corrected chi connectivity index (χ3v) is 2.97. The standard InChI is InChI=1S/C12H24N2O3/c1-8(2)10(6-7-13)4-5-11(15)14-9(3)12(16)17/h8-10H,4-7,13H2,1-3H3,(H,14,15)(H,16,17)/t9-,10?/m0/s1. The maximum Gasteiger partial charge on any atom is 0.325 e. The second-order valence-electron chi connectivity index (χ2n) is 4.75. The van der Waals surface area contributed by atoms with Crippen molar-refractivity contribution in [3.05, 3.63) is 0 Å². The highest BCUT2D eigenvalue weighted by Gasteiger charge is 2.17. The lowest BCUT2D eigenvalue weighted by atomic mass is 9.88. The lowest BCUT2D eigenvalue weighted by Crippen LogP contribution is -2.38. The van der Waals surface area contributed by atoms with Crippen molar-refractivity contribution >= 4 is 11.9 Å². The van der Waals surface area contributed by atoms with Gasteiger partial charge in [-0.25, -0.2) is 0 Å². The Balaban J connectivity index is 4.00. The highest BCUT2D eigenvalue weighted by atomic mass is 16.4. The lowest BCUT2D eigenvalue weighted by Gasteiger charge is -2.20. The third kappa shape index (κ3) is 6.94. The fourth-order valence-electron chi connectivity index (χ4n) is 1.72. The minimum absolute atomic E-state index is 0.206. The van der Waals surface area contributed by atoms with Gasteiger partial charge in [-0.2, -0.15) is 0 Å². The molecule has 0 saturated carbocycles. The summed E-state index contributed by atoms with van der Waals surface area (Å²) >= 11 is 0. The van der Waals surface area contributed by atoms with Gasteiger partial charge in [0.1, 0.15) is 6.04 Å². The topological polar surface area (TPSA) is 92.4 Å². The number of rotatable bonds is 8. The molecule has 0 bridgehead atoms. The quantitative estimate of drug-likeness (QED) is 0.593. The monoisotopic (exact) mass is 244 g/mol. The summed E-state index contributed by atoms with van der Waals surface area (Å²) in [5.74, 6) is -0.308. The summed E-state index contributed by atoms with van der Waals surface area (Å²) in [4.78, 5) is 22.0. The third-order valence-electron chi connectivity index (χ3n) is 2.97. The van der Waals surface area contributed by atoms with Gasteiger partial charge in [0, 0.05) is 6.42 Å². The van der Waals surface area contributed by atoms with Gasteiger partial charge >= 0.3 is 5.97 Å². The molecule has 0 aromatic rings. The Bertz CT molecular complexity index is 254. The summed E-state index contributed by atoms with van der Waals surface area (Å²) in [7, 11) is 0. The minimum Gasteiger partial charge on any atom is -0.480 e. The van der Waals surface area contributed by atoms with Crippen LogP contribution in [0.4, 0.5) is 0 Å². The highest BCUT2D eigenvalue weighted by Crippen LogP contribution is 2.20. The molecule has 5 nitrogen and oxygen atoms in total. The number of carboxylic acids is 1. The molecular weight excluding hydrogens is 220 g/mol. The fraction of sp³-hybridized carbons (Fsp3) is 0.833. The first-order valence-corrected chi connectivity index (χ1v) is 6.10. The molecule has 0 saturated heterocycles. The van der Waals surface area contributed by atoms with Crippen LogP contribution >= 0.6 is 0 Å². The predicted molar refractivity (Wildman–Crippen MR) is 66.5 cm³/mol. The zero-order valence-electron chi connectivity index (χ0n) is 10.9. The summed E-state index contributed by atoms with van der Waals surface area (Å²) in [5.41, 5.74) is 5.52. The SMILES string of the molecule is CC(C)C(CCN)CCC(=O)N[C@@H](C)C(=O)O. The number of hydrogen-bond donors (Lipinski definition) is 3. The molecule has 0 aliphatic heterocycles. The second-order valence-corrected chi connectivity index (χ2v) is 4.75. The molecule has 0 aliphatic rings. The Hall–Kier alpha value is -1.10. The van der Waals surface area contributed by atoms with Crippen molar-refractivity contribution in [2.24, 2.45) is 17.6 Å². The van der Waals surface area contributed by atoms with Crippen LogP contribution in [0.5, 0.6) is 0 Å². The average molecular weight is 244 g/mol. The largest absolute Gasteiger partial charge is 0.480 e. The van der Waals surface area contributed by atoms with E-state index in [1.165, 1.54) is 6.92 Å². The van der Waals surface area contributed by atoms with E-state index in [-0.39, 0.29) is 5.91 Å². The van der Waals surface area contributed by atoms with Crippen LogP contribution in [-0.4, -0.2) is 29.6 Å². The van der Waals surface area contributed by atoms with Crippen LogP contribution in [-0.2, 0) is 9.59 Å². The zero-order chi connectivity index (χ0) is 13.4. The number of amides is 1. The van der Waals surface area contributed by atoms with Crippen molar-refractivity contribution in [3.8, 4) is 0 Å². The molecule has 0 radical (unpaired) electrons. The summed E-state index contributed by atoms with van der Waals surface area (Å²) in [5, 5.41) is 11.1. The Morgan fingerprint density at radius 3 is 2.24 bits per heavy atom. The summed E-state index contributed by atoms with van der Waals surface area (Å²) in [6, 6.07) is -0.825. The number of aliphatic carboxylic acids is 1. The first-order chi connectivity index (χ1) is 7.88. The molecule has 100 valence electrons. The number of carbonyl (C=O) groups is 2. The van der Waals surface area contributed by atoms with Crippen molar-refractivity contribution in [2.75, 3.05) is 6.54 Å². The van der Waals surface area contributed by atoms with Crippen LogP contribution in [0.15, 0.2) is 0 Å². The first kappa shape index (κ1) is 15.9. The number of carbonyl (C=O) groups excluding carboxylic acids is 1. The normalized spacial score (nSPS) is 14.4. The van der Waals surface area contributed by atoms with Gasteiger partial charge in [0.15, 0.2) is 0 Å².